The first kappa shape index (κ1) is 16.7. The molecule has 0 spiro atoms. The molecule has 2 heterocycles. The standard InChI is InChI=1S/C17H13F3N4O/c1-25-16-13(17(18,19)20)15(22-12-5-3-2-4-6-12)23-14(24-16)11-7-9-21-10-8-11/h2-10H,1H3,(H,22,23,24). The minimum Gasteiger partial charge on any atom is -0.480 e. The van der Waals surface area contributed by atoms with Crippen LogP contribution in [-0.2, 0) is 6.18 Å². The Morgan fingerprint density at radius 2 is 1.64 bits per heavy atom. The van der Waals surface area contributed by atoms with Crippen LogP contribution in [0.1, 0.15) is 5.56 Å². The fraction of sp³-hybridized carbons (Fsp3) is 0.118. The minimum absolute atomic E-state index is 0.102. The molecule has 0 saturated carbocycles. The van der Waals surface area contributed by atoms with Crippen LogP contribution in [0, 0.1) is 0 Å². The number of hydrogen-bond acceptors (Lipinski definition) is 5. The molecule has 0 bridgehead atoms. The van der Waals surface area contributed by atoms with Gasteiger partial charge in [0.25, 0.3) is 0 Å². The molecule has 5 nitrogen and oxygen atoms in total. The molecule has 0 aliphatic rings. The van der Waals surface area contributed by atoms with Crippen LogP contribution in [0.25, 0.3) is 11.4 Å². The molecule has 25 heavy (non-hydrogen) atoms. The van der Waals surface area contributed by atoms with E-state index in [9.17, 15) is 13.2 Å². The highest BCUT2D eigenvalue weighted by molar-refractivity contribution is 5.66. The maximum atomic E-state index is 13.5. The number of methoxy groups -OCH3 is 1. The molecule has 2 aromatic heterocycles. The molecule has 8 heteroatoms. The third kappa shape index (κ3) is 3.68. The zero-order valence-corrected chi connectivity index (χ0v) is 13.1. The quantitative estimate of drug-likeness (QED) is 0.763. The largest absolute Gasteiger partial charge is 0.480 e. The molecule has 0 unspecified atom stereocenters. The molecule has 3 aromatic rings. The highest BCUT2D eigenvalue weighted by Crippen LogP contribution is 2.41. The van der Waals surface area contributed by atoms with E-state index in [4.69, 9.17) is 4.74 Å². The second-order valence-corrected chi connectivity index (χ2v) is 5.00. The van der Waals surface area contributed by atoms with Crippen molar-refractivity contribution in [3.63, 3.8) is 0 Å². The van der Waals surface area contributed by atoms with Crippen molar-refractivity contribution >= 4 is 11.5 Å². The van der Waals surface area contributed by atoms with Gasteiger partial charge in [0.1, 0.15) is 0 Å². The van der Waals surface area contributed by atoms with Crippen molar-refractivity contribution < 1.29 is 17.9 Å². The highest BCUT2D eigenvalue weighted by atomic mass is 19.4. The maximum absolute atomic E-state index is 13.5. The summed E-state index contributed by atoms with van der Waals surface area (Å²) in [6.45, 7) is 0. The minimum atomic E-state index is -4.68. The molecule has 0 aliphatic heterocycles. The molecule has 0 atom stereocenters. The van der Waals surface area contributed by atoms with Crippen molar-refractivity contribution in [3.05, 3.63) is 60.4 Å². The first-order valence-corrected chi connectivity index (χ1v) is 7.24. The van der Waals surface area contributed by atoms with Crippen LogP contribution in [0.2, 0.25) is 0 Å². The molecule has 0 radical (unpaired) electrons. The summed E-state index contributed by atoms with van der Waals surface area (Å²) in [7, 11) is 1.14. The monoisotopic (exact) mass is 346 g/mol. The normalized spacial score (nSPS) is 11.2. The van der Waals surface area contributed by atoms with Crippen LogP contribution in [0.5, 0.6) is 5.88 Å². The third-order valence-corrected chi connectivity index (χ3v) is 3.33. The number of para-hydroxylation sites is 1. The molecule has 0 saturated heterocycles. The lowest BCUT2D eigenvalue weighted by Gasteiger charge is -2.17. The average molecular weight is 346 g/mol. The van der Waals surface area contributed by atoms with Gasteiger partial charge in [-0.2, -0.15) is 18.2 Å². The Balaban J connectivity index is 2.18. The van der Waals surface area contributed by atoms with Gasteiger partial charge in [0.05, 0.1) is 7.11 Å². The van der Waals surface area contributed by atoms with Crippen LogP contribution in [0.15, 0.2) is 54.9 Å². The maximum Gasteiger partial charge on any atom is 0.425 e. The summed E-state index contributed by atoms with van der Waals surface area (Å²) < 4.78 is 45.5. The molecule has 1 N–H and O–H groups in total. The van der Waals surface area contributed by atoms with Gasteiger partial charge in [-0.3, -0.25) is 4.98 Å². The summed E-state index contributed by atoms with van der Waals surface area (Å²) in [6, 6.07) is 11.7. The van der Waals surface area contributed by atoms with Crippen molar-refractivity contribution in [2.24, 2.45) is 0 Å². The van der Waals surface area contributed by atoms with Crippen LogP contribution < -0.4 is 10.1 Å². The summed E-state index contributed by atoms with van der Waals surface area (Å²) in [5.74, 6) is -0.823. The Hall–Kier alpha value is -3.16. The lowest BCUT2D eigenvalue weighted by molar-refractivity contribution is -0.138. The SMILES string of the molecule is COc1nc(-c2ccncc2)nc(Nc2ccccc2)c1C(F)(F)F. The van der Waals surface area contributed by atoms with Crippen molar-refractivity contribution in [2.45, 2.75) is 6.18 Å². The van der Waals surface area contributed by atoms with Gasteiger partial charge in [0.15, 0.2) is 17.2 Å². The predicted molar refractivity (Wildman–Crippen MR) is 86.5 cm³/mol. The van der Waals surface area contributed by atoms with Crippen molar-refractivity contribution in [1.29, 1.82) is 0 Å². The fourth-order valence-corrected chi connectivity index (χ4v) is 2.22. The van der Waals surface area contributed by atoms with E-state index in [1.54, 1.807) is 42.5 Å². The van der Waals surface area contributed by atoms with Crippen molar-refractivity contribution in [3.8, 4) is 17.3 Å². The topological polar surface area (TPSA) is 59.9 Å². The second-order valence-electron chi connectivity index (χ2n) is 5.00. The summed E-state index contributed by atoms with van der Waals surface area (Å²) in [4.78, 5) is 11.9. The van der Waals surface area contributed by atoms with E-state index in [1.165, 1.54) is 12.4 Å². The number of aromatic nitrogens is 3. The number of halogens is 3. The van der Waals surface area contributed by atoms with Gasteiger partial charge < -0.3 is 10.1 Å². The van der Waals surface area contributed by atoms with Crippen LogP contribution >= 0.6 is 0 Å². The summed E-state index contributed by atoms with van der Waals surface area (Å²) in [5.41, 5.74) is -0.0655. The van der Waals surface area contributed by atoms with Gasteiger partial charge in [0, 0.05) is 23.6 Å². The summed E-state index contributed by atoms with van der Waals surface area (Å²) >= 11 is 0. The lowest BCUT2D eigenvalue weighted by atomic mass is 10.2. The Morgan fingerprint density at radius 1 is 0.960 bits per heavy atom. The van der Waals surface area contributed by atoms with Gasteiger partial charge in [-0.05, 0) is 24.3 Å². The molecule has 3 rings (SSSR count). The molecule has 1 aromatic carbocycles. The van der Waals surface area contributed by atoms with E-state index >= 15 is 0 Å². The Morgan fingerprint density at radius 3 is 2.24 bits per heavy atom. The Bertz CT molecular complexity index is 855. The zero-order chi connectivity index (χ0) is 17.9. The lowest BCUT2D eigenvalue weighted by Crippen LogP contribution is -2.14. The molecule has 0 fully saturated rings. The number of ether oxygens (including phenoxy) is 1. The zero-order valence-electron chi connectivity index (χ0n) is 13.1. The van der Waals surface area contributed by atoms with Crippen LogP contribution in [0.3, 0.4) is 0 Å². The van der Waals surface area contributed by atoms with E-state index in [0.29, 0.717) is 11.3 Å². The van der Waals surface area contributed by atoms with Gasteiger partial charge in [0.2, 0.25) is 5.88 Å². The predicted octanol–water partition coefficient (Wildman–Crippen LogP) is 4.31. The van der Waals surface area contributed by atoms with Gasteiger partial charge in [-0.1, -0.05) is 18.2 Å². The third-order valence-electron chi connectivity index (χ3n) is 3.33. The molecular weight excluding hydrogens is 333 g/mol. The van der Waals surface area contributed by atoms with Gasteiger partial charge >= 0.3 is 6.18 Å². The summed E-state index contributed by atoms with van der Waals surface area (Å²) in [6.07, 6.45) is -1.67. The second kappa shape index (κ2) is 6.76. The number of alkyl halides is 3. The van der Waals surface area contributed by atoms with Gasteiger partial charge in [-0.15, -0.1) is 0 Å². The Kier molecular flexibility index (Phi) is 4.51. The van der Waals surface area contributed by atoms with Crippen LogP contribution in [0.4, 0.5) is 24.7 Å². The van der Waals surface area contributed by atoms with E-state index in [0.717, 1.165) is 7.11 Å². The first-order chi connectivity index (χ1) is 12.0. The number of benzene rings is 1. The number of hydrogen-bond donors (Lipinski definition) is 1. The van der Waals surface area contributed by atoms with Crippen LogP contribution in [-0.4, -0.2) is 22.1 Å². The van der Waals surface area contributed by atoms with Gasteiger partial charge in [-0.25, -0.2) is 4.98 Å². The smallest absolute Gasteiger partial charge is 0.425 e. The average Bonchev–Trinajstić information content (AvgIpc) is 2.61. The molecule has 128 valence electrons. The molecule has 0 aliphatic carbocycles. The van der Waals surface area contributed by atoms with E-state index in [1.807, 2.05) is 0 Å². The number of nitrogens with one attached hydrogen (secondary N) is 1. The molecular formula is C17H13F3N4O. The van der Waals surface area contributed by atoms with Crippen molar-refractivity contribution in [1.82, 2.24) is 15.0 Å². The van der Waals surface area contributed by atoms with E-state index in [2.05, 4.69) is 20.3 Å². The first-order valence-electron chi connectivity index (χ1n) is 7.24. The number of anilines is 2. The number of nitrogens with zero attached hydrogens (tertiary/aromatic N) is 3. The number of pyridine rings is 1. The van der Waals surface area contributed by atoms with E-state index in [-0.39, 0.29) is 11.6 Å². The molecule has 0 amide bonds. The highest BCUT2D eigenvalue weighted by Gasteiger charge is 2.40. The number of rotatable bonds is 4. The van der Waals surface area contributed by atoms with Crippen molar-refractivity contribution in [2.75, 3.05) is 12.4 Å². The fourth-order valence-electron chi connectivity index (χ4n) is 2.22. The Labute approximate surface area is 141 Å². The summed E-state index contributed by atoms with van der Waals surface area (Å²) in [5, 5.41) is 2.70. The van der Waals surface area contributed by atoms with E-state index < -0.39 is 17.6 Å².